The lowest BCUT2D eigenvalue weighted by Gasteiger charge is -2.23. The van der Waals surface area contributed by atoms with Crippen molar-refractivity contribution in [3.8, 4) is 0 Å². The van der Waals surface area contributed by atoms with Gasteiger partial charge in [0, 0.05) is 5.69 Å². The summed E-state index contributed by atoms with van der Waals surface area (Å²) >= 11 is 3.62. The SMILES string of the molecule is COC(=O)c1cccc(B2Nc3ccccc3C=C2Br)c1. The average molecular weight is 342 g/mol. The van der Waals surface area contributed by atoms with E-state index in [1.165, 1.54) is 7.11 Å². The Labute approximate surface area is 132 Å². The minimum absolute atomic E-state index is 0.00972. The minimum atomic E-state index is -0.326. The van der Waals surface area contributed by atoms with Crippen molar-refractivity contribution in [3.63, 3.8) is 0 Å². The van der Waals surface area contributed by atoms with E-state index in [1.54, 1.807) is 6.07 Å². The van der Waals surface area contributed by atoms with Crippen molar-refractivity contribution in [2.75, 3.05) is 12.3 Å². The number of carbonyl (C=O) groups excluding carboxylic acids is 1. The Morgan fingerprint density at radius 1 is 1.19 bits per heavy atom. The molecule has 1 aliphatic rings. The number of rotatable bonds is 2. The second-order valence-corrected chi connectivity index (χ2v) is 5.73. The van der Waals surface area contributed by atoms with Gasteiger partial charge in [-0.15, -0.1) is 0 Å². The van der Waals surface area contributed by atoms with E-state index in [4.69, 9.17) is 4.74 Å². The molecule has 0 fully saturated rings. The Balaban J connectivity index is 1.97. The maximum Gasteiger partial charge on any atom is 0.337 e. The number of esters is 1. The number of hydrogen-bond donors (Lipinski definition) is 1. The van der Waals surface area contributed by atoms with Crippen LogP contribution in [0, 0.1) is 0 Å². The fourth-order valence-corrected chi connectivity index (χ4v) is 3.04. The largest absolute Gasteiger partial charge is 0.465 e. The van der Waals surface area contributed by atoms with E-state index in [2.05, 4.69) is 33.3 Å². The van der Waals surface area contributed by atoms with E-state index in [0.29, 0.717) is 5.56 Å². The first-order valence-electron chi connectivity index (χ1n) is 6.60. The number of para-hydroxylation sites is 1. The Kier molecular flexibility index (Phi) is 3.84. The number of halogens is 1. The number of carbonyl (C=O) groups is 1. The molecule has 1 aliphatic heterocycles. The fraction of sp³-hybridized carbons (Fsp3) is 0.0625. The number of hydrogen-bond acceptors (Lipinski definition) is 3. The lowest BCUT2D eigenvalue weighted by molar-refractivity contribution is 0.0601. The van der Waals surface area contributed by atoms with Gasteiger partial charge in [-0.1, -0.05) is 52.3 Å². The predicted octanol–water partition coefficient (Wildman–Crippen LogP) is 3.07. The molecule has 0 aromatic heterocycles. The first kappa shape index (κ1) is 14.0. The molecule has 21 heavy (non-hydrogen) atoms. The van der Waals surface area contributed by atoms with E-state index in [9.17, 15) is 4.79 Å². The number of fused-ring (bicyclic) bond motifs is 1. The zero-order valence-electron chi connectivity index (χ0n) is 11.5. The third-order valence-electron chi connectivity index (χ3n) is 3.47. The van der Waals surface area contributed by atoms with Crippen molar-refractivity contribution in [2.24, 2.45) is 0 Å². The van der Waals surface area contributed by atoms with Gasteiger partial charge in [-0.2, -0.15) is 0 Å². The van der Waals surface area contributed by atoms with Gasteiger partial charge in [0.15, 0.2) is 0 Å². The zero-order valence-corrected chi connectivity index (χ0v) is 13.1. The van der Waals surface area contributed by atoms with E-state index in [1.807, 2.05) is 36.4 Å². The van der Waals surface area contributed by atoms with Crippen molar-refractivity contribution in [2.45, 2.75) is 0 Å². The van der Waals surface area contributed by atoms with Gasteiger partial charge in [0.05, 0.1) is 12.7 Å². The van der Waals surface area contributed by atoms with Crippen molar-refractivity contribution in [1.29, 1.82) is 0 Å². The molecule has 0 aliphatic carbocycles. The van der Waals surface area contributed by atoms with Crippen molar-refractivity contribution in [1.82, 2.24) is 0 Å². The van der Waals surface area contributed by atoms with Crippen molar-refractivity contribution < 1.29 is 9.53 Å². The normalized spacial score (nSPS) is 13.0. The molecule has 0 unspecified atom stereocenters. The van der Waals surface area contributed by atoms with E-state index < -0.39 is 0 Å². The molecule has 5 heteroatoms. The van der Waals surface area contributed by atoms with Crippen LogP contribution >= 0.6 is 15.9 Å². The van der Waals surface area contributed by atoms with Gasteiger partial charge in [0.1, 0.15) is 0 Å². The summed E-state index contributed by atoms with van der Waals surface area (Å²) in [6.07, 6.45) is 2.10. The standard InChI is InChI=1S/C16H13BBrNO2/c1-21-16(20)12-6-4-7-13(9-12)17-15(18)10-11-5-2-3-8-14(11)19-17/h2-10,19H,1H3. The Bertz CT molecular complexity index is 730. The smallest absolute Gasteiger partial charge is 0.337 e. The molecular formula is C16H13BBrNO2. The summed E-state index contributed by atoms with van der Waals surface area (Å²) in [6.45, 7) is -0.00972. The van der Waals surface area contributed by atoms with E-state index in [-0.39, 0.29) is 12.8 Å². The quantitative estimate of drug-likeness (QED) is 0.674. The second kappa shape index (κ2) is 5.78. The minimum Gasteiger partial charge on any atom is -0.465 e. The maximum absolute atomic E-state index is 11.7. The number of ether oxygens (including phenoxy) is 1. The summed E-state index contributed by atoms with van der Waals surface area (Å²) in [6, 6.07) is 15.6. The Hall–Kier alpha value is -2.01. The average Bonchev–Trinajstić information content (AvgIpc) is 2.53. The topological polar surface area (TPSA) is 38.3 Å². The number of anilines is 1. The molecule has 3 rings (SSSR count). The molecule has 0 saturated carbocycles. The number of methoxy groups -OCH3 is 1. The highest BCUT2D eigenvalue weighted by Gasteiger charge is 2.26. The first-order chi connectivity index (χ1) is 10.2. The van der Waals surface area contributed by atoms with Crippen LogP contribution in [0.15, 0.2) is 52.9 Å². The molecular weight excluding hydrogens is 329 g/mol. The highest BCUT2D eigenvalue weighted by Crippen LogP contribution is 2.27. The van der Waals surface area contributed by atoms with Crippen LogP contribution in [0.4, 0.5) is 5.69 Å². The summed E-state index contributed by atoms with van der Waals surface area (Å²) in [5.74, 6) is -0.326. The van der Waals surface area contributed by atoms with Gasteiger partial charge in [-0.3, -0.25) is 0 Å². The third-order valence-corrected chi connectivity index (χ3v) is 4.16. The maximum atomic E-state index is 11.7. The third kappa shape index (κ3) is 2.74. The van der Waals surface area contributed by atoms with Crippen LogP contribution < -0.4 is 10.7 Å². The molecule has 0 amide bonds. The summed E-state index contributed by atoms with van der Waals surface area (Å²) in [5.41, 5.74) is 3.78. The van der Waals surface area contributed by atoms with Crippen LogP contribution in [-0.2, 0) is 4.74 Å². The summed E-state index contributed by atoms with van der Waals surface area (Å²) in [7, 11) is 1.39. The van der Waals surface area contributed by atoms with Gasteiger partial charge in [0.25, 0.3) is 0 Å². The summed E-state index contributed by atoms with van der Waals surface area (Å²) in [4.78, 5) is 11.7. The van der Waals surface area contributed by atoms with Crippen LogP contribution in [0.5, 0.6) is 0 Å². The second-order valence-electron chi connectivity index (χ2n) is 4.81. The van der Waals surface area contributed by atoms with E-state index >= 15 is 0 Å². The van der Waals surface area contributed by atoms with Gasteiger partial charge < -0.3 is 9.96 Å². The van der Waals surface area contributed by atoms with Crippen LogP contribution in [0.2, 0.25) is 0 Å². The molecule has 2 aromatic carbocycles. The zero-order chi connectivity index (χ0) is 14.8. The van der Waals surface area contributed by atoms with Gasteiger partial charge in [-0.25, -0.2) is 4.79 Å². The molecule has 0 atom stereocenters. The van der Waals surface area contributed by atoms with Crippen LogP contribution in [0.1, 0.15) is 15.9 Å². The molecule has 104 valence electrons. The van der Waals surface area contributed by atoms with Crippen molar-refractivity contribution in [3.05, 3.63) is 64.0 Å². The van der Waals surface area contributed by atoms with E-state index in [0.717, 1.165) is 21.1 Å². The lowest BCUT2D eigenvalue weighted by Crippen LogP contribution is -2.41. The molecule has 0 radical (unpaired) electrons. The molecule has 2 aromatic rings. The summed E-state index contributed by atoms with van der Waals surface area (Å²) < 4.78 is 5.81. The molecule has 3 nitrogen and oxygen atoms in total. The van der Waals surface area contributed by atoms with Gasteiger partial charge in [0.2, 0.25) is 0 Å². The summed E-state index contributed by atoms with van der Waals surface area (Å²) in [5, 5.41) is 3.48. The highest BCUT2D eigenvalue weighted by atomic mass is 79.9. The Morgan fingerprint density at radius 3 is 2.81 bits per heavy atom. The van der Waals surface area contributed by atoms with Gasteiger partial charge >= 0.3 is 12.8 Å². The molecule has 0 bridgehead atoms. The highest BCUT2D eigenvalue weighted by molar-refractivity contribution is 9.12. The number of benzene rings is 2. The fourth-order valence-electron chi connectivity index (χ4n) is 2.42. The first-order valence-corrected chi connectivity index (χ1v) is 7.39. The molecule has 0 spiro atoms. The van der Waals surface area contributed by atoms with Crippen molar-refractivity contribution >= 4 is 46.0 Å². The lowest BCUT2D eigenvalue weighted by atomic mass is 9.54. The van der Waals surface area contributed by atoms with Crippen LogP contribution in [0.25, 0.3) is 6.08 Å². The Morgan fingerprint density at radius 2 is 2.00 bits per heavy atom. The van der Waals surface area contributed by atoms with Crippen LogP contribution in [0.3, 0.4) is 0 Å². The molecule has 1 N–H and O–H groups in total. The van der Waals surface area contributed by atoms with Gasteiger partial charge in [-0.05, 0) is 33.6 Å². The molecule has 1 heterocycles. The van der Waals surface area contributed by atoms with Crippen LogP contribution in [-0.4, -0.2) is 19.9 Å². The number of nitrogens with one attached hydrogen (secondary N) is 1. The predicted molar refractivity (Wildman–Crippen MR) is 90.1 cm³/mol. The monoisotopic (exact) mass is 341 g/mol. The molecule has 0 saturated heterocycles.